The lowest BCUT2D eigenvalue weighted by Gasteiger charge is -2.19. The van der Waals surface area contributed by atoms with Gasteiger partial charge in [-0.3, -0.25) is 0 Å². The van der Waals surface area contributed by atoms with E-state index in [9.17, 15) is 0 Å². The molecule has 6 heteroatoms. The van der Waals surface area contributed by atoms with E-state index in [2.05, 4.69) is 10.2 Å². The van der Waals surface area contributed by atoms with Crippen LogP contribution in [0, 0.1) is 0 Å². The number of methoxy groups -OCH3 is 1. The maximum atomic E-state index is 5.59. The van der Waals surface area contributed by atoms with Gasteiger partial charge in [-0.15, -0.1) is 5.10 Å². The third kappa shape index (κ3) is 3.10. The molecule has 0 saturated heterocycles. The Kier molecular flexibility index (Phi) is 4.38. The Balaban J connectivity index is 2.87. The van der Waals surface area contributed by atoms with E-state index in [4.69, 9.17) is 22.7 Å². The van der Waals surface area contributed by atoms with E-state index in [-0.39, 0.29) is 0 Å². The number of thiocarbonyl (C=S) groups is 1. The smallest absolute Gasteiger partial charge is 0.161 e. The number of rotatable bonds is 5. The van der Waals surface area contributed by atoms with Crippen LogP contribution in [-0.4, -0.2) is 42.5 Å². The van der Waals surface area contributed by atoms with Crippen molar-refractivity contribution in [3.63, 3.8) is 0 Å². The topological polar surface area (TPSA) is 64.3 Å². The lowest BCUT2D eigenvalue weighted by Crippen LogP contribution is -2.26. The van der Waals surface area contributed by atoms with Crippen LogP contribution in [0.15, 0.2) is 12.3 Å². The molecule has 0 saturated carbocycles. The second-order valence-electron chi connectivity index (χ2n) is 3.05. The number of anilines is 1. The molecule has 0 aliphatic heterocycles. The highest BCUT2D eigenvalue weighted by molar-refractivity contribution is 7.80. The fourth-order valence-electron chi connectivity index (χ4n) is 1.13. The van der Waals surface area contributed by atoms with E-state index in [1.54, 1.807) is 19.4 Å². The van der Waals surface area contributed by atoms with Crippen LogP contribution in [0.4, 0.5) is 5.82 Å². The third-order valence-corrected chi connectivity index (χ3v) is 2.18. The van der Waals surface area contributed by atoms with E-state index >= 15 is 0 Å². The average Bonchev–Trinajstić information content (AvgIpc) is 2.25. The summed E-state index contributed by atoms with van der Waals surface area (Å²) < 4.78 is 4.98. The van der Waals surface area contributed by atoms with Crippen molar-refractivity contribution in [2.75, 3.05) is 32.2 Å². The van der Waals surface area contributed by atoms with Gasteiger partial charge < -0.3 is 15.4 Å². The van der Waals surface area contributed by atoms with Gasteiger partial charge in [-0.25, -0.2) is 0 Å². The normalized spacial score (nSPS) is 10.0. The van der Waals surface area contributed by atoms with Gasteiger partial charge in [0.15, 0.2) is 5.82 Å². The molecule has 0 aliphatic rings. The minimum absolute atomic E-state index is 0.323. The van der Waals surface area contributed by atoms with Crippen molar-refractivity contribution < 1.29 is 4.74 Å². The van der Waals surface area contributed by atoms with Crippen LogP contribution in [0.1, 0.15) is 5.56 Å². The second kappa shape index (κ2) is 5.57. The Hall–Kier alpha value is -1.27. The summed E-state index contributed by atoms with van der Waals surface area (Å²) in [7, 11) is 3.55. The zero-order valence-electron chi connectivity index (χ0n) is 8.80. The van der Waals surface area contributed by atoms with Gasteiger partial charge in [-0.05, 0) is 6.07 Å². The van der Waals surface area contributed by atoms with Gasteiger partial charge >= 0.3 is 0 Å². The monoisotopic (exact) mass is 226 g/mol. The molecule has 0 aliphatic carbocycles. The Labute approximate surface area is 94.2 Å². The van der Waals surface area contributed by atoms with Gasteiger partial charge in [-0.1, -0.05) is 12.2 Å². The SMILES string of the molecule is COCCN(C)c1nnccc1C(N)=S. The summed E-state index contributed by atoms with van der Waals surface area (Å²) in [4.78, 5) is 2.23. The summed E-state index contributed by atoms with van der Waals surface area (Å²) in [5.41, 5.74) is 6.32. The van der Waals surface area contributed by atoms with Gasteiger partial charge in [-0.2, -0.15) is 5.10 Å². The molecule has 0 spiro atoms. The minimum Gasteiger partial charge on any atom is -0.389 e. The number of ether oxygens (including phenoxy) is 1. The zero-order chi connectivity index (χ0) is 11.3. The zero-order valence-corrected chi connectivity index (χ0v) is 9.62. The van der Waals surface area contributed by atoms with Gasteiger partial charge in [0, 0.05) is 20.7 Å². The number of aromatic nitrogens is 2. The molecule has 0 bridgehead atoms. The minimum atomic E-state index is 0.323. The maximum absolute atomic E-state index is 5.59. The first-order chi connectivity index (χ1) is 7.16. The van der Waals surface area contributed by atoms with E-state index in [1.165, 1.54) is 0 Å². The third-order valence-electron chi connectivity index (χ3n) is 1.96. The summed E-state index contributed by atoms with van der Waals surface area (Å²) >= 11 is 4.93. The molecule has 1 aromatic heterocycles. The van der Waals surface area contributed by atoms with E-state index in [1.807, 2.05) is 11.9 Å². The van der Waals surface area contributed by atoms with E-state index in [0.717, 1.165) is 5.56 Å². The second-order valence-corrected chi connectivity index (χ2v) is 3.49. The molecule has 5 nitrogen and oxygen atoms in total. The van der Waals surface area contributed by atoms with Crippen molar-refractivity contribution in [3.05, 3.63) is 17.8 Å². The van der Waals surface area contributed by atoms with Crippen molar-refractivity contribution in [1.29, 1.82) is 0 Å². The molecule has 0 atom stereocenters. The number of hydrogen-bond acceptors (Lipinski definition) is 5. The highest BCUT2D eigenvalue weighted by Gasteiger charge is 2.10. The molecule has 1 rings (SSSR count). The molecule has 0 aromatic carbocycles. The summed E-state index contributed by atoms with van der Waals surface area (Å²) in [5, 5.41) is 7.81. The van der Waals surface area contributed by atoms with Gasteiger partial charge in [0.25, 0.3) is 0 Å². The Bertz CT molecular complexity index is 345. The number of likely N-dealkylation sites (N-methyl/N-ethyl adjacent to an activating group) is 1. The van der Waals surface area contributed by atoms with Gasteiger partial charge in [0.1, 0.15) is 4.99 Å². The molecule has 82 valence electrons. The molecule has 2 N–H and O–H groups in total. The highest BCUT2D eigenvalue weighted by Crippen LogP contribution is 2.13. The molecule has 0 unspecified atom stereocenters. The summed E-state index contributed by atoms with van der Waals surface area (Å²) in [6, 6.07) is 1.76. The van der Waals surface area contributed by atoms with Crippen molar-refractivity contribution in [2.24, 2.45) is 5.73 Å². The largest absolute Gasteiger partial charge is 0.389 e. The summed E-state index contributed by atoms with van der Waals surface area (Å²) in [5.74, 6) is 0.682. The van der Waals surface area contributed by atoms with E-state index in [0.29, 0.717) is 24.0 Å². The van der Waals surface area contributed by atoms with Crippen molar-refractivity contribution in [3.8, 4) is 0 Å². The Morgan fingerprint density at radius 1 is 1.67 bits per heavy atom. The number of nitrogens with two attached hydrogens (primary N) is 1. The van der Waals surface area contributed by atoms with Crippen molar-refractivity contribution in [2.45, 2.75) is 0 Å². The van der Waals surface area contributed by atoms with Crippen LogP contribution in [-0.2, 0) is 4.74 Å². The Morgan fingerprint density at radius 2 is 2.40 bits per heavy atom. The first kappa shape index (κ1) is 11.8. The highest BCUT2D eigenvalue weighted by atomic mass is 32.1. The molecule has 0 radical (unpaired) electrons. The first-order valence-electron chi connectivity index (χ1n) is 4.48. The van der Waals surface area contributed by atoms with Crippen molar-refractivity contribution >= 4 is 23.0 Å². The van der Waals surface area contributed by atoms with Gasteiger partial charge in [0.05, 0.1) is 18.4 Å². The molecule has 1 aromatic rings. The number of hydrogen-bond donors (Lipinski definition) is 1. The summed E-state index contributed by atoms with van der Waals surface area (Å²) in [6.07, 6.45) is 1.57. The van der Waals surface area contributed by atoms with Gasteiger partial charge in [0.2, 0.25) is 0 Å². The molecule has 0 fully saturated rings. The molecule has 0 amide bonds. The Morgan fingerprint density at radius 3 is 3.00 bits per heavy atom. The number of nitrogens with zero attached hydrogens (tertiary/aromatic N) is 3. The lowest BCUT2D eigenvalue weighted by atomic mass is 10.2. The molecular weight excluding hydrogens is 212 g/mol. The maximum Gasteiger partial charge on any atom is 0.161 e. The van der Waals surface area contributed by atoms with Crippen molar-refractivity contribution in [1.82, 2.24) is 10.2 Å². The summed E-state index contributed by atoms with van der Waals surface area (Å²) in [6.45, 7) is 1.33. The molecule has 15 heavy (non-hydrogen) atoms. The van der Waals surface area contributed by atoms with Crippen LogP contribution in [0.3, 0.4) is 0 Å². The lowest BCUT2D eigenvalue weighted by molar-refractivity contribution is 0.206. The fourth-order valence-corrected chi connectivity index (χ4v) is 1.29. The molecular formula is C9H14N4OS. The van der Waals surface area contributed by atoms with Crippen LogP contribution >= 0.6 is 12.2 Å². The standard InChI is InChI=1S/C9H14N4OS/c1-13(5-6-14-2)9-7(8(10)15)3-4-11-12-9/h3-4H,5-6H2,1-2H3,(H2,10,15). The van der Waals surface area contributed by atoms with Crippen LogP contribution in [0.25, 0.3) is 0 Å². The predicted molar refractivity (Wildman–Crippen MR) is 63.1 cm³/mol. The fraction of sp³-hybridized carbons (Fsp3) is 0.444. The average molecular weight is 226 g/mol. The molecule has 1 heterocycles. The first-order valence-corrected chi connectivity index (χ1v) is 4.89. The van der Waals surface area contributed by atoms with Crippen LogP contribution in [0.2, 0.25) is 0 Å². The predicted octanol–water partition coefficient (Wildman–Crippen LogP) is 0.193. The van der Waals surface area contributed by atoms with Crippen LogP contribution < -0.4 is 10.6 Å². The van der Waals surface area contributed by atoms with E-state index < -0.39 is 0 Å². The quantitative estimate of drug-likeness (QED) is 0.723. The van der Waals surface area contributed by atoms with Crippen LogP contribution in [0.5, 0.6) is 0 Å².